The summed E-state index contributed by atoms with van der Waals surface area (Å²) >= 11 is 0. The molecule has 0 unspecified atom stereocenters. The highest BCUT2D eigenvalue weighted by atomic mass is 32.3. The normalized spacial score (nSPS) is 20.3. The Balaban J connectivity index is 1.26. The van der Waals surface area contributed by atoms with Crippen LogP contribution < -0.4 is 26.2 Å². The number of rotatable bonds is 4. The molecule has 0 saturated heterocycles. The first-order valence-corrected chi connectivity index (χ1v) is 32.5. The zero-order valence-corrected chi connectivity index (χ0v) is 52.6. The van der Waals surface area contributed by atoms with Crippen molar-refractivity contribution in [3.63, 3.8) is 0 Å². The van der Waals surface area contributed by atoms with Crippen LogP contribution in [0.5, 0.6) is 0 Å². The van der Waals surface area contributed by atoms with Crippen molar-refractivity contribution < 1.29 is 4.42 Å². The molecule has 7 aromatic rings. The molecule has 0 atom stereocenters. The Morgan fingerprint density at radius 1 is 0.436 bits per heavy atom. The topological polar surface area (TPSA) is 19.6 Å². The molecule has 5 aliphatic rings. The smallest absolute Gasteiger partial charge is 0.257 e. The average molecular weight is 1060 g/mol. The summed E-state index contributed by atoms with van der Waals surface area (Å²) in [4.78, 5) is 6.78. The molecule has 0 fully saturated rings. The molecule has 3 aliphatic carbocycles. The zero-order chi connectivity index (χ0) is 56.2. The number of hydrogen-bond donors (Lipinski definition) is 0. The minimum absolute atomic E-state index is 0.000601. The van der Waals surface area contributed by atoms with Crippen molar-refractivity contribution in [2.24, 2.45) is 0 Å². The lowest BCUT2D eigenvalue weighted by Crippen LogP contribution is -2.61. The maximum absolute atomic E-state index is 7.78. The zero-order valence-electron chi connectivity index (χ0n) is 51.8. The molecule has 12 rings (SSSR count). The Bertz CT molecular complexity index is 3650. The van der Waals surface area contributed by atoms with Crippen molar-refractivity contribution in [2.45, 2.75) is 211 Å². The molecule has 1 aromatic heterocycles. The molecule has 0 amide bonds. The van der Waals surface area contributed by atoms with Gasteiger partial charge in [-0.25, -0.2) is 10.0 Å². The SMILES string of the molecule is CC(C)(C)c1ccc(N2c3cc4c(cc3B3c5c2cc(C(C)(C)C)cc5N(c2ccc5c(c2)C(C)(C)CCC5(C)C)c2oc5cc6c(cc5c23)C(C)(C)CCC6(C)C)C(C)(C)CCC4(C)C)c(-c2ccc(S(C)(C)C)cc2)c1. The Morgan fingerprint density at radius 3 is 1.46 bits per heavy atom. The third kappa shape index (κ3) is 8.16. The number of anilines is 6. The molecule has 6 aromatic carbocycles. The predicted molar refractivity (Wildman–Crippen MR) is 343 cm³/mol. The highest BCUT2D eigenvalue weighted by Crippen LogP contribution is 2.56. The molecule has 0 spiro atoms. The van der Waals surface area contributed by atoms with E-state index in [2.05, 4.69) is 250 Å². The van der Waals surface area contributed by atoms with Crippen LogP contribution in [-0.4, -0.2) is 25.5 Å². The van der Waals surface area contributed by atoms with E-state index in [1.165, 1.54) is 117 Å². The third-order valence-corrected chi connectivity index (χ3v) is 22.3. The highest BCUT2D eigenvalue weighted by molar-refractivity contribution is 8.32. The van der Waals surface area contributed by atoms with E-state index in [0.717, 1.165) is 43.6 Å². The van der Waals surface area contributed by atoms with Crippen LogP contribution in [0.4, 0.5) is 34.3 Å². The molecule has 3 nitrogen and oxygen atoms in total. The Morgan fingerprint density at radius 2 is 0.923 bits per heavy atom. The standard InChI is InChI=1S/C73H91BN2OS/c1-66(2,3)45-24-29-58(49(36-45)44-22-26-48(27-23-44)78(19,20)21)76-59-42-55-54(71(13,14)33-34-72(55,15)16)41-57(59)74-63-50-40-53-56(73(17,18)35-32-70(53,11)12)43-62(50)77-65(63)75(60-37-46(67(4,5)6)38-61(76)64(60)74)47-25-28-51-52(39-47)69(9,10)31-30-68(51,7)8/h22-29,36-43H,30-35H2,1-21H3. The molecule has 2 aliphatic heterocycles. The summed E-state index contributed by atoms with van der Waals surface area (Å²) in [6.07, 6.45) is 14.2. The Kier molecular flexibility index (Phi) is 11.5. The average Bonchev–Trinajstić information content (AvgIpc) is 3.84. The summed E-state index contributed by atoms with van der Waals surface area (Å²) in [6.45, 7) is 43.9. The monoisotopic (exact) mass is 1050 g/mol. The molecule has 0 N–H and O–H groups in total. The van der Waals surface area contributed by atoms with Crippen molar-refractivity contribution in [2.75, 3.05) is 28.6 Å². The summed E-state index contributed by atoms with van der Waals surface area (Å²) in [5.41, 5.74) is 25.2. The van der Waals surface area contributed by atoms with Gasteiger partial charge >= 0.3 is 0 Å². The number of benzene rings is 6. The van der Waals surface area contributed by atoms with E-state index in [1.807, 2.05) is 0 Å². The lowest BCUT2D eigenvalue weighted by molar-refractivity contribution is 0.332. The van der Waals surface area contributed by atoms with Crippen molar-refractivity contribution in [3.8, 4) is 11.1 Å². The number of fused-ring (bicyclic) bond motifs is 9. The van der Waals surface area contributed by atoms with Crippen LogP contribution in [0.15, 0.2) is 106 Å². The van der Waals surface area contributed by atoms with E-state index in [1.54, 1.807) is 0 Å². The van der Waals surface area contributed by atoms with Gasteiger partial charge in [0.2, 0.25) is 5.88 Å². The van der Waals surface area contributed by atoms with E-state index in [0.29, 0.717) is 0 Å². The first kappa shape index (κ1) is 53.5. The third-order valence-electron chi connectivity index (χ3n) is 20.6. The molecule has 408 valence electrons. The summed E-state index contributed by atoms with van der Waals surface area (Å²) < 4.78 is 7.78. The quantitative estimate of drug-likeness (QED) is 0.164. The summed E-state index contributed by atoms with van der Waals surface area (Å²) in [5.74, 6) is 0.971. The second-order valence-electron chi connectivity index (χ2n) is 31.8. The first-order valence-electron chi connectivity index (χ1n) is 29.7. The second-order valence-corrected chi connectivity index (χ2v) is 36.0. The van der Waals surface area contributed by atoms with E-state index < -0.39 is 10.0 Å². The molecular weight excluding hydrogens is 964 g/mol. The van der Waals surface area contributed by atoms with Gasteiger partial charge in [-0.1, -0.05) is 155 Å². The lowest BCUT2D eigenvalue weighted by atomic mass is 9.33. The minimum Gasteiger partial charge on any atom is -0.440 e. The van der Waals surface area contributed by atoms with Crippen LogP contribution in [0.1, 0.15) is 208 Å². The second kappa shape index (κ2) is 16.7. The van der Waals surface area contributed by atoms with Crippen LogP contribution in [0.2, 0.25) is 0 Å². The lowest BCUT2D eigenvalue weighted by Gasteiger charge is -2.47. The molecule has 5 heteroatoms. The molecule has 3 heterocycles. The van der Waals surface area contributed by atoms with Gasteiger partial charge in [-0.05, 0) is 233 Å². The fourth-order valence-corrected chi connectivity index (χ4v) is 15.7. The molecule has 78 heavy (non-hydrogen) atoms. The van der Waals surface area contributed by atoms with Crippen molar-refractivity contribution in [1.82, 2.24) is 0 Å². The maximum atomic E-state index is 7.78. The molecule has 0 saturated carbocycles. The van der Waals surface area contributed by atoms with Gasteiger partial charge in [-0.3, -0.25) is 4.90 Å². The van der Waals surface area contributed by atoms with Gasteiger partial charge in [-0.2, -0.15) is 0 Å². The molecular formula is C73H91BN2OS. The van der Waals surface area contributed by atoms with Gasteiger partial charge < -0.3 is 9.32 Å². The van der Waals surface area contributed by atoms with Crippen molar-refractivity contribution in [3.05, 3.63) is 142 Å². The Labute approximate surface area is 472 Å². The van der Waals surface area contributed by atoms with E-state index in [-0.39, 0.29) is 50.0 Å². The summed E-state index contributed by atoms with van der Waals surface area (Å²) in [7, 11) is -0.921. The van der Waals surface area contributed by atoms with Gasteiger partial charge in [-0.15, -0.1) is 0 Å². The maximum Gasteiger partial charge on any atom is 0.257 e. The Hall–Kier alpha value is -5.13. The van der Waals surface area contributed by atoms with Gasteiger partial charge in [0.15, 0.2) is 0 Å². The van der Waals surface area contributed by atoms with E-state index >= 15 is 0 Å². The van der Waals surface area contributed by atoms with Gasteiger partial charge in [0.1, 0.15) is 5.58 Å². The van der Waals surface area contributed by atoms with E-state index in [4.69, 9.17) is 4.42 Å². The number of furan rings is 1. The van der Waals surface area contributed by atoms with Gasteiger partial charge in [0.25, 0.3) is 6.71 Å². The molecule has 0 radical (unpaired) electrons. The van der Waals surface area contributed by atoms with Crippen molar-refractivity contribution >= 4 is 78.4 Å². The fraction of sp³-hybridized carbons (Fsp3) is 0.479. The van der Waals surface area contributed by atoms with Gasteiger partial charge in [0.05, 0.1) is 5.69 Å². The minimum atomic E-state index is -0.921. The predicted octanol–water partition coefficient (Wildman–Crippen LogP) is 18.9. The molecule has 0 bridgehead atoms. The van der Waals surface area contributed by atoms with Crippen LogP contribution in [0.25, 0.3) is 22.1 Å². The largest absolute Gasteiger partial charge is 0.440 e. The summed E-state index contributed by atoms with van der Waals surface area (Å²) in [5, 5.41) is 1.26. The fourth-order valence-electron chi connectivity index (χ4n) is 14.8. The number of hydrogen-bond acceptors (Lipinski definition) is 3. The van der Waals surface area contributed by atoms with Crippen LogP contribution in [0, 0.1) is 0 Å². The van der Waals surface area contributed by atoms with Crippen LogP contribution in [-0.2, 0) is 43.3 Å². The summed E-state index contributed by atoms with van der Waals surface area (Å²) in [6, 6.07) is 40.3. The van der Waals surface area contributed by atoms with Crippen LogP contribution in [0.3, 0.4) is 0 Å². The first-order chi connectivity index (χ1) is 36.0. The number of nitrogens with zero attached hydrogens (tertiary/aromatic N) is 2. The van der Waals surface area contributed by atoms with Crippen LogP contribution >= 0.6 is 10.0 Å². The van der Waals surface area contributed by atoms with E-state index in [9.17, 15) is 0 Å². The highest BCUT2D eigenvalue weighted by Gasteiger charge is 2.51. The van der Waals surface area contributed by atoms with Gasteiger partial charge in [0, 0.05) is 39.2 Å². The van der Waals surface area contributed by atoms with Crippen molar-refractivity contribution in [1.29, 1.82) is 0 Å².